The van der Waals surface area contributed by atoms with Crippen LogP contribution in [0.3, 0.4) is 0 Å². The van der Waals surface area contributed by atoms with E-state index in [4.69, 9.17) is 5.11 Å². The second-order valence-electron chi connectivity index (χ2n) is 3.43. The van der Waals surface area contributed by atoms with Crippen molar-refractivity contribution in [1.29, 1.82) is 0 Å². The third-order valence-electron chi connectivity index (χ3n) is 2.19. The van der Waals surface area contributed by atoms with Crippen LogP contribution >= 0.6 is 0 Å². The van der Waals surface area contributed by atoms with Crippen LogP contribution in [0.5, 0.6) is 0 Å². The molecule has 0 aliphatic heterocycles. The van der Waals surface area contributed by atoms with Gasteiger partial charge in [0.05, 0.1) is 0 Å². The lowest BCUT2D eigenvalue weighted by Crippen LogP contribution is -2.29. The number of ketones is 1. The summed E-state index contributed by atoms with van der Waals surface area (Å²) in [7, 11) is 0. The van der Waals surface area contributed by atoms with Gasteiger partial charge in [-0.1, -0.05) is 19.1 Å². The summed E-state index contributed by atoms with van der Waals surface area (Å²) in [6.07, 6.45) is 0.407. The maximum atomic E-state index is 11.4. The average Bonchev–Trinajstić information content (AvgIpc) is 2.35. The molecule has 0 saturated heterocycles. The third kappa shape index (κ3) is 3.71. The zero-order valence-electron chi connectivity index (χ0n) is 9.40. The van der Waals surface area contributed by atoms with Crippen LogP contribution in [0.4, 0.5) is 0 Å². The highest BCUT2D eigenvalue weighted by molar-refractivity contribution is 5.99. The molecule has 5 nitrogen and oxygen atoms in total. The zero-order valence-corrected chi connectivity index (χ0v) is 9.40. The van der Waals surface area contributed by atoms with Gasteiger partial charge in [0.25, 0.3) is 5.91 Å². The Kier molecular flexibility index (Phi) is 4.39. The predicted octanol–water partition coefficient (Wildman–Crippen LogP) is 1.09. The fourth-order valence-corrected chi connectivity index (χ4v) is 1.27. The van der Waals surface area contributed by atoms with Gasteiger partial charge in [0.1, 0.15) is 6.54 Å². The Morgan fingerprint density at radius 3 is 2.12 bits per heavy atom. The van der Waals surface area contributed by atoms with Crippen molar-refractivity contribution < 1.29 is 19.5 Å². The van der Waals surface area contributed by atoms with Crippen molar-refractivity contribution in [2.45, 2.75) is 13.3 Å². The summed E-state index contributed by atoms with van der Waals surface area (Å²) in [6.45, 7) is 1.34. The molecule has 17 heavy (non-hydrogen) atoms. The Labute approximate surface area is 98.4 Å². The monoisotopic (exact) mass is 235 g/mol. The molecule has 1 aromatic rings. The maximum Gasteiger partial charge on any atom is 0.322 e. The van der Waals surface area contributed by atoms with Crippen LogP contribution in [0.1, 0.15) is 34.1 Å². The van der Waals surface area contributed by atoms with Crippen molar-refractivity contribution in [3.05, 3.63) is 35.4 Å². The molecule has 1 aromatic carbocycles. The standard InChI is InChI=1S/C12H13NO4/c1-2-10(14)8-3-5-9(6-4-8)12(17)13-7-11(15)16/h3-6H,2,7H2,1H3,(H,13,17)(H,15,16). The fraction of sp³-hybridized carbons (Fsp3) is 0.250. The first-order valence-electron chi connectivity index (χ1n) is 5.18. The molecule has 0 aliphatic carbocycles. The molecule has 90 valence electrons. The van der Waals surface area contributed by atoms with Gasteiger partial charge in [0.2, 0.25) is 0 Å². The molecule has 0 atom stereocenters. The van der Waals surface area contributed by atoms with E-state index in [2.05, 4.69) is 5.32 Å². The zero-order chi connectivity index (χ0) is 12.8. The highest BCUT2D eigenvalue weighted by Gasteiger charge is 2.08. The van der Waals surface area contributed by atoms with Gasteiger partial charge in [-0.05, 0) is 12.1 Å². The van der Waals surface area contributed by atoms with Crippen molar-refractivity contribution in [3.8, 4) is 0 Å². The highest BCUT2D eigenvalue weighted by atomic mass is 16.4. The van der Waals surface area contributed by atoms with E-state index < -0.39 is 18.4 Å². The third-order valence-corrected chi connectivity index (χ3v) is 2.19. The number of rotatable bonds is 5. The van der Waals surface area contributed by atoms with Crippen molar-refractivity contribution in [2.75, 3.05) is 6.54 Å². The van der Waals surface area contributed by atoms with Crippen molar-refractivity contribution in [3.63, 3.8) is 0 Å². The lowest BCUT2D eigenvalue weighted by Gasteiger charge is -2.03. The molecule has 0 fully saturated rings. The van der Waals surface area contributed by atoms with Crippen LogP contribution in [0.25, 0.3) is 0 Å². The minimum atomic E-state index is -1.10. The number of hydrogen-bond acceptors (Lipinski definition) is 3. The number of carbonyl (C=O) groups excluding carboxylic acids is 2. The van der Waals surface area contributed by atoms with Gasteiger partial charge in [0.15, 0.2) is 5.78 Å². The van der Waals surface area contributed by atoms with Crippen LogP contribution in [0, 0.1) is 0 Å². The van der Waals surface area contributed by atoms with E-state index in [1.165, 1.54) is 12.1 Å². The van der Waals surface area contributed by atoms with Crippen molar-refractivity contribution in [2.24, 2.45) is 0 Å². The molecule has 0 radical (unpaired) electrons. The molecule has 0 unspecified atom stereocenters. The van der Waals surface area contributed by atoms with Gasteiger partial charge < -0.3 is 10.4 Å². The molecule has 2 N–H and O–H groups in total. The topological polar surface area (TPSA) is 83.5 Å². The van der Waals surface area contributed by atoms with Gasteiger partial charge >= 0.3 is 5.97 Å². The summed E-state index contributed by atoms with van der Waals surface area (Å²) in [5.74, 6) is -1.57. The van der Waals surface area contributed by atoms with E-state index in [-0.39, 0.29) is 5.78 Å². The van der Waals surface area contributed by atoms with Gasteiger partial charge in [-0.2, -0.15) is 0 Å². The molecule has 0 aliphatic rings. The van der Waals surface area contributed by atoms with Crippen LogP contribution in [0.2, 0.25) is 0 Å². The SMILES string of the molecule is CCC(=O)c1ccc(C(=O)NCC(=O)O)cc1. The van der Waals surface area contributed by atoms with E-state index in [1.54, 1.807) is 19.1 Å². The van der Waals surface area contributed by atoms with E-state index in [0.717, 1.165) is 0 Å². The number of nitrogens with one attached hydrogen (secondary N) is 1. The summed E-state index contributed by atoms with van der Waals surface area (Å²) in [4.78, 5) is 33.0. The number of carboxylic acid groups (broad SMARTS) is 1. The average molecular weight is 235 g/mol. The van der Waals surface area contributed by atoms with Crippen LogP contribution in [-0.2, 0) is 4.79 Å². The predicted molar refractivity (Wildman–Crippen MR) is 61.0 cm³/mol. The quantitative estimate of drug-likeness (QED) is 0.748. The van der Waals surface area contributed by atoms with Crippen molar-refractivity contribution in [1.82, 2.24) is 5.32 Å². The summed E-state index contributed by atoms with van der Waals surface area (Å²) in [5, 5.41) is 10.6. The Balaban J connectivity index is 2.70. The second kappa shape index (κ2) is 5.79. The van der Waals surface area contributed by atoms with Crippen molar-refractivity contribution >= 4 is 17.7 Å². The first kappa shape index (κ1) is 12.9. The summed E-state index contributed by atoms with van der Waals surface area (Å²) in [6, 6.07) is 6.11. The van der Waals surface area contributed by atoms with Gasteiger partial charge in [0, 0.05) is 17.5 Å². The molecular formula is C12H13NO4. The number of carbonyl (C=O) groups is 3. The van der Waals surface area contributed by atoms with Gasteiger partial charge in [-0.3, -0.25) is 14.4 Å². The Morgan fingerprint density at radius 1 is 1.12 bits per heavy atom. The van der Waals surface area contributed by atoms with Gasteiger partial charge in [-0.25, -0.2) is 0 Å². The molecule has 0 spiro atoms. The number of aliphatic carboxylic acids is 1. The summed E-state index contributed by atoms with van der Waals surface area (Å²) < 4.78 is 0. The minimum absolute atomic E-state index is 0.00231. The number of benzene rings is 1. The van der Waals surface area contributed by atoms with Gasteiger partial charge in [-0.15, -0.1) is 0 Å². The smallest absolute Gasteiger partial charge is 0.322 e. The summed E-state index contributed by atoms with van der Waals surface area (Å²) in [5.41, 5.74) is 0.876. The Bertz CT molecular complexity index is 436. The summed E-state index contributed by atoms with van der Waals surface area (Å²) >= 11 is 0. The number of Topliss-reactive ketones (excluding diaryl/α,β-unsaturated/α-hetero) is 1. The first-order valence-corrected chi connectivity index (χ1v) is 5.18. The van der Waals surface area contributed by atoms with Crippen LogP contribution in [-0.4, -0.2) is 29.3 Å². The van der Waals surface area contributed by atoms with E-state index in [0.29, 0.717) is 17.5 Å². The molecule has 0 heterocycles. The molecular weight excluding hydrogens is 222 g/mol. The molecule has 1 rings (SSSR count). The van der Waals surface area contributed by atoms with E-state index >= 15 is 0 Å². The molecule has 0 saturated carbocycles. The lowest BCUT2D eigenvalue weighted by molar-refractivity contribution is -0.135. The number of carboxylic acids is 1. The molecule has 1 amide bonds. The highest BCUT2D eigenvalue weighted by Crippen LogP contribution is 2.06. The molecule has 5 heteroatoms. The van der Waals surface area contributed by atoms with E-state index in [1.807, 2.05) is 0 Å². The van der Waals surface area contributed by atoms with Crippen LogP contribution in [0.15, 0.2) is 24.3 Å². The van der Waals surface area contributed by atoms with E-state index in [9.17, 15) is 14.4 Å². The maximum absolute atomic E-state index is 11.4. The van der Waals surface area contributed by atoms with Crippen LogP contribution < -0.4 is 5.32 Å². The lowest BCUT2D eigenvalue weighted by atomic mass is 10.1. The molecule has 0 aromatic heterocycles. The normalized spacial score (nSPS) is 9.71. The Morgan fingerprint density at radius 2 is 1.65 bits per heavy atom. The second-order valence-corrected chi connectivity index (χ2v) is 3.43. The number of amides is 1. The first-order chi connectivity index (χ1) is 8.04. The number of hydrogen-bond donors (Lipinski definition) is 2. The largest absolute Gasteiger partial charge is 0.480 e. The molecule has 0 bridgehead atoms. The Hall–Kier alpha value is -2.17. The fourth-order valence-electron chi connectivity index (χ4n) is 1.27. The minimum Gasteiger partial charge on any atom is -0.480 e.